The molecule has 0 aliphatic heterocycles. The van der Waals surface area contributed by atoms with Gasteiger partial charge in [0.05, 0.1) is 0 Å². The first kappa shape index (κ1) is 78.8. The van der Waals surface area contributed by atoms with E-state index in [1.807, 2.05) is 0 Å². The zero-order valence-corrected chi connectivity index (χ0v) is 54.4. The van der Waals surface area contributed by atoms with Crippen molar-refractivity contribution in [3.8, 4) is 0 Å². The number of ether oxygens (including phenoxy) is 3. The van der Waals surface area contributed by atoms with Gasteiger partial charge in [0.15, 0.2) is 6.10 Å². The molecule has 6 nitrogen and oxygen atoms in total. The highest BCUT2D eigenvalue weighted by molar-refractivity contribution is 5.71. The van der Waals surface area contributed by atoms with Crippen molar-refractivity contribution in [1.82, 2.24) is 0 Å². The lowest BCUT2D eigenvalue weighted by molar-refractivity contribution is -0.167. The minimum atomic E-state index is -0.807. The maximum Gasteiger partial charge on any atom is 0.306 e. The first-order valence-corrected chi connectivity index (χ1v) is 35.0. The molecule has 0 aromatic rings. The van der Waals surface area contributed by atoms with Crippen LogP contribution in [0.25, 0.3) is 0 Å². The standard InChI is InChI=1S/C77H130O6/c1-4-7-10-13-16-19-22-25-27-29-30-31-32-33-34-35-36-37-38-39-40-41-42-43-44-45-46-48-49-52-55-58-61-64-67-70-76(79)82-73-74(72-81-75(78)69-66-63-60-57-54-51-24-21-18-15-12-9-6-3)83-77(80)71-68-65-62-59-56-53-50-47-28-26-23-20-17-14-11-8-5-2/h7-8,10-11,16-17,19-20,25-28,30-31,33-34,50,53,59,62,74H,4-6,9,12-15,18,21-24,29,32,35-49,51-52,54-58,60-61,63-73H2,1-3H3/b10-7-,11-8-,19-16-,20-17-,27-25-,28-26-,31-30-,34-33-,53-50-,62-59-. The van der Waals surface area contributed by atoms with Crippen molar-refractivity contribution in [2.24, 2.45) is 0 Å². The second-order valence-electron chi connectivity index (χ2n) is 23.0. The molecule has 0 saturated carbocycles. The lowest BCUT2D eigenvalue weighted by atomic mass is 10.0. The SMILES string of the molecule is CC/C=C\C/C=C\C/C=C\C/C=C\C/C=C\CCCCCCCCCCCCCCCCCCCCCC(=O)OCC(COC(=O)CCCCCCCCCCCCCCC)OC(=O)CCC/C=C\C/C=C\C/C=C\C/C=C\C/C=C\CC. The van der Waals surface area contributed by atoms with Crippen molar-refractivity contribution in [3.05, 3.63) is 122 Å². The quantitative estimate of drug-likeness (QED) is 0.0261. The molecule has 83 heavy (non-hydrogen) atoms. The molecule has 0 fully saturated rings. The van der Waals surface area contributed by atoms with Gasteiger partial charge in [-0.25, -0.2) is 0 Å². The molecular weight excluding hydrogens is 1020 g/mol. The number of carbonyl (C=O) groups excluding carboxylic acids is 3. The minimum absolute atomic E-state index is 0.0972. The van der Waals surface area contributed by atoms with Crippen LogP contribution >= 0.6 is 0 Å². The first-order chi connectivity index (χ1) is 41.0. The summed E-state index contributed by atoms with van der Waals surface area (Å²) in [6, 6.07) is 0. The summed E-state index contributed by atoms with van der Waals surface area (Å²) in [4.78, 5) is 38.3. The van der Waals surface area contributed by atoms with E-state index in [9.17, 15) is 14.4 Å². The molecule has 1 atom stereocenters. The molecule has 0 spiro atoms. The fourth-order valence-corrected chi connectivity index (χ4v) is 9.80. The van der Waals surface area contributed by atoms with Gasteiger partial charge in [0.25, 0.3) is 0 Å². The highest BCUT2D eigenvalue weighted by Gasteiger charge is 2.19. The monoisotopic (exact) mass is 1150 g/mol. The molecule has 0 heterocycles. The van der Waals surface area contributed by atoms with E-state index < -0.39 is 6.10 Å². The highest BCUT2D eigenvalue weighted by atomic mass is 16.6. The van der Waals surface area contributed by atoms with E-state index in [-0.39, 0.29) is 37.5 Å². The van der Waals surface area contributed by atoms with Crippen molar-refractivity contribution < 1.29 is 28.6 Å². The molecule has 0 N–H and O–H groups in total. The van der Waals surface area contributed by atoms with E-state index in [0.717, 1.165) is 109 Å². The van der Waals surface area contributed by atoms with Gasteiger partial charge >= 0.3 is 17.9 Å². The number of rotatable bonds is 63. The Balaban J connectivity index is 4.18. The first-order valence-electron chi connectivity index (χ1n) is 35.0. The third kappa shape index (κ3) is 68.5. The Bertz CT molecular complexity index is 1700. The molecule has 0 rings (SSSR count). The van der Waals surface area contributed by atoms with Gasteiger partial charge in [-0.2, -0.15) is 0 Å². The molecule has 0 aromatic carbocycles. The van der Waals surface area contributed by atoms with Gasteiger partial charge < -0.3 is 14.2 Å². The van der Waals surface area contributed by atoms with Crippen molar-refractivity contribution >= 4 is 17.9 Å². The van der Waals surface area contributed by atoms with Crippen molar-refractivity contribution in [2.45, 2.75) is 335 Å². The molecule has 0 aliphatic carbocycles. The molecule has 0 saturated heterocycles. The minimum Gasteiger partial charge on any atom is -0.462 e. The lowest BCUT2D eigenvalue weighted by Crippen LogP contribution is -2.30. The van der Waals surface area contributed by atoms with Crippen LogP contribution < -0.4 is 0 Å². The molecular formula is C77H130O6. The van der Waals surface area contributed by atoms with Crippen LogP contribution in [0.1, 0.15) is 329 Å². The lowest BCUT2D eigenvalue weighted by Gasteiger charge is -2.18. The summed E-state index contributed by atoms with van der Waals surface area (Å²) in [7, 11) is 0. The van der Waals surface area contributed by atoms with E-state index in [1.54, 1.807) is 0 Å². The number of allylic oxidation sites excluding steroid dienone is 20. The molecule has 0 radical (unpaired) electrons. The Morgan fingerprint density at radius 2 is 0.482 bits per heavy atom. The molecule has 474 valence electrons. The van der Waals surface area contributed by atoms with E-state index in [2.05, 4.69) is 142 Å². The van der Waals surface area contributed by atoms with Crippen LogP contribution in [0.5, 0.6) is 0 Å². The summed E-state index contributed by atoms with van der Waals surface area (Å²) < 4.78 is 16.9. The Labute approximate surface area is 513 Å². The smallest absolute Gasteiger partial charge is 0.306 e. The third-order valence-electron chi connectivity index (χ3n) is 15.0. The van der Waals surface area contributed by atoms with E-state index in [0.29, 0.717) is 19.3 Å². The van der Waals surface area contributed by atoms with Crippen LogP contribution in [0.3, 0.4) is 0 Å². The maximum absolute atomic E-state index is 12.9. The molecule has 0 amide bonds. The third-order valence-corrected chi connectivity index (χ3v) is 15.0. The second kappa shape index (κ2) is 70.3. The fourth-order valence-electron chi connectivity index (χ4n) is 9.80. The average Bonchev–Trinajstić information content (AvgIpc) is 3.49. The van der Waals surface area contributed by atoms with Crippen LogP contribution in [-0.4, -0.2) is 37.2 Å². The molecule has 0 aromatic heterocycles. The van der Waals surface area contributed by atoms with Crippen LogP contribution in [0.2, 0.25) is 0 Å². The van der Waals surface area contributed by atoms with E-state index in [1.165, 1.54) is 173 Å². The zero-order chi connectivity index (χ0) is 59.9. The summed E-state index contributed by atoms with van der Waals surface area (Å²) in [5.74, 6) is -0.943. The van der Waals surface area contributed by atoms with Crippen LogP contribution in [-0.2, 0) is 28.6 Å². The zero-order valence-electron chi connectivity index (χ0n) is 54.4. The normalized spacial score (nSPS) is 12.9. The van der Waals surface area contributed by atoms with Gasteiger partial charge in [0, 0.05) is 19.3 Å². The predicted octanol–water partition coefficient (Wildman–Crippen LogP) is 24.3. The largest absolute Gasteiger partial charge is 0.462 e. The van der Waals surface area contributed by atoms with Gasteiger partial charge in [-0.1, -0.05) is 328 Å². The molecule has 1 unspecified atom stereocenters. The number of carbonyl (C=O) groups is 3. The van der Waals surface area contributed by atoms with Crippen molar-refractivity contribution in [1.29, 1.82) is 0 Å². The molecule has 6 heteroatoms. The Kier molecular flexibility index (Phi) is 66.7. The Hall–Kier alpha value is -4.19. The molecule has 0 aliphatic rings. The van der Waals surface area contributed by atoms with Crippen LogP contribution in [0, 0.1) is 0 Å². The topological polar surface area (TPSA) is 78.9 Å². The Morgan fingerprint density at radius 1 is 0.253 bits per heavy atom. The Morgan fingerprint density at radius 3 is 0.771 bits per heavy atom. The van der Waals surface area contributed by atoms with Crippen molar-refractivity contribution in [3.63, 3.8) is 0 Å². The predicted molar refractivity (Wildman–Crippen MR) is 362 cm³/mol. The summed E-state index contributed by atoms with van der Waals surface area (Å²) in [6.45, 7) is 6.39. The maximum atomic E-state index is 12.9. The second-order valence-corrected chi connectivity index (χ2v) is 23.0. The highest BCUT2D eigenvalue weighted by Crippen LogP contribution is 2.17. The number of esters is 3. The number of hydrogen-bond donors (Lipinski definition) is 0. The summed E-state index contributed by atoms with van der Waals surface area (Å²) in [6.07, 6.45) is 98.2. The van der Waals surface area contributed by atoms with Crippen molar-refractivity contribution in [2.75, 3.05) is 13.2 Å². The summed E-state index contributed by atoms with van der Waals surface area (Å²) in [5.41, 5.74) is 0. The van der Waals surface area contributed by atoms with Gasteiger partial charge in [0.1, 0.15) is 13.2 Å². The fraction of sp³-hybridized carbons (Fsp3) is 0.701. The van der Waals surface area contributed by atoms with Gasteiger partial charge in [-0.05, 0) is 103 Å². The van der Waals surface area contributed by atoms with Crippen LogP contribution in [0.4, 0.5) is 0 Å². The number of unbranched alkanes of at least 4 members (excludes halogenated alkanes) is 32. The van der Waals surface area contributed by atoms with E-state index >= 15 is 0 Å². The van der Waals surface area contributed by atoms with Crippen LogP contribution in [0.15, 0.2) is 122 Å². The molecule has 0 bridgehead atoms. The number of hydrogen-bond acceptors (Lipinski definition) is 6. The van der Waals surface area contributed by atoms with Gasteiger partial charge in [-0.15, -0.1) is 0 Å². The van der Waals surface area contributed by atoms with Gasteiger partial charge in [-0.3, -0.25) is 14.4 Å². The summed E-state index contributed by atoms with van der Waals surface area (Å²) in [5, 5.41) is 0. The summed E-state index contributed by atoms with van der Waals surface area (Å²) >= 11 is 0. The van der Waals surface area contributed by atoms with Gasteiger partial charge in [0.2, 0.25) is 0 Å². The van der Waals surface area contributed by atoms with E-state index in [4.69, 9.17) is 14.2 Å². The average molecular weight is 1150 g/mol.